The lowest BCUT2D eigenvalue weighted by Gasteiger charge is -2.20. The second kappa shape index (κ2) is 9.91. The average molecular weight is 433 g/mol. The number of hydrogen-bond acceptors (Lipinski definition) is 5. The third kappa shape index (κ3) is 5.40. The minimum absolute atomic E-state index is 0.0184. The largest absolute Gasteiger partial charge is 0.349 e. The second-order valence-electron chi connectivity index (χ2n) is 7.83. The van der Waals surface area contributed by atoms with E-state index >= 15 is 0 Å². The summed E-state index contributed by atoms with van der Waals surface area (Å²) >= 11 is 0. The molecule has 0 spiro atoms. The van der Waals surface area contributed by atoms with E-state index in [0.717, 1.165) is 5.56 Å². The van der Waals surface area contributed by atoms with Crippen LogP contribution in [0.5, 0.6) is 0 Å². The van der Waals surface area contributed by atoms with E-state index in [9.17, 15) is 4.79 Å². The molecule has 0 aliphatic heterocycles. The van der Waals surface area contributed by atoms with Gasteiger partial charge in [-0.2, -0.15) is 4.99 Å². The average Bonchev–Trinajstić information content (AvgIpc) is 3.26. The van der Waals surface area contributed by atoms with Crippen LogP contribution in [0.25, 0.3) is 0 Å². The molecule has 2 N–H and O–H groups in total. The number of rotatable bonds is 5. The van der Waals surface area contributed by atoms with Crippen molar-refractivity contribution in [3.8, 4) is 0 Å². The van der Waals surface area contributed by atoms with Gasteiger partial charge in [0.25, 0.3) is 5.88 Å². The van der Waals surface area contributed by atoms with Crippen LogP contribution in [0.1, 0.15) is 40.0 Å². The van der Waals surface area contributed by atoms with Crippen molar-refractivity contribution < 1.29 is 9.32 Å². The predicted octanol–water partition coefficient (Wildman–Crippen LogP) is 3.69. The van der Waals surface area contributed by atoms with E-state index in [1.54, 1.807) is 30.0 Å². The van der Waals surface area contributed by atoms with E-state index in [-0.39, 0.29) is 17.7 Å². The van der Waals surface area contributed by atoms with E-state index in [2.05, 4.69) is 15.5 Å². The molecule has 0 amide bonds. The number of aliphatic imine (C=N–C) groups is 1. The Kier molecular flexibility index (Phi) is 7.04. The van der Waals surface area contributed by atoms with Crippen LogP contribution in [0.4, 0.5) is 5.88 Å². The number of benzene rings is 2. The molecule has 3 aromatic rings. The summed E-state index contributed by atoms with van der Waals surface area (Å²) < 4.78 is 5.42. The first-order chi connectivity index (χ1) is 15.3. The Morgan fingerprint density at radius 3 is 2.34 bits per heavy atom. The Labute approximate surface area is 188 Å². The van der Waals surface area contributed by atoms with Crippen LogP contribution < -0.4 is 5.32 Å². The summed E-state index contributed by atoms with van der Waals surface area (Å²) in [6.07, 6.45) is 0. The summed E-state index contributed by atoms with van der Waals surface area (Å²) in [7, 11) is 7.19. The summed E-state index contributed by atoms with van der Waals surface area (Å²) in [5.74, 6) is 0.864. The fraction of sp³-hybridized carbons (Fsp3) is 0.250. The summed E-state index contributed by atoms with van der Waals surface area (Å²) in [5, 5.41) is 15.1. The van der Waals surface area contributed by atoms with E-state index in [0.29, 0.717) is 28.7 Å². The van der Waals surface area contributed by atoms with E-state index in [4.69, 9.17) is 9.93 Å². The lowest BCUT2D eigenvalue weighted by Crippen LogP contribution is -2.45. The van der Waals surface area contributed by atoms with Gasteiger partial charge in [-0.05, 0) is 11.6 Å². The van der Waals surface area contributed by atoms with E-state index < -0.39 is 0 Å². The van der Waals surface area contributed by atoms with Crippen LogP contribution >= 0.6 is 0 Å². The van der Waals surface area contributed by atoms with Crippen molar-refractivity contribution >= 4 is 23.6 Å². The third-order valence-electron chi connectivity index (χ3n) is 4.96. The van der Waals surface area contributed by atoms with Gasteiger partial charge in [-0.15, -0.1) is 0 Å². The first-order valence-electron chi connectivity index (χ1n) is 10.2. The van der Waals surface area contributed by atoms with Crippen molar-refractivity contribution in [2.24, 2.45) is 4.99 Å². The molecule has 0 aliphatic carbocycles. The molecule has 2 aromatic carbocycles. The number of guanidine groups is 2. The first-order valence-corrected chi connectivity index (χ1v) is 10.2. The molecule has 8 nitrogen and oxygen atoms in total. The van der Waals surface area contributed by atoms with Crippen molar-refractivity contribution in [1.82, 2.24) is 20.3 Å². The molecule has 0 saturated carbocycles. The van der Waals surface area contributed by atoms with Gasteiger partial charge in [-0.1, -0.05) is 60.6 Å². The number of carbonyl (C=O) groups excluding carboxylic acids is 1. The summed E-state index contributed by atoms with van der Waals surface area (Å²) in [4.78, 5) is 20.6. The lowest BCUT2D eigenvalue weighted by atomic mass is 9.94. The zero-order valence-electron chi connectivity index (χ0n) is 19.0. The van der Waals surface area contributed by atoms with Gasteiger partial charge in [0.05, 0.1) is 5.69 Å². The van der Waals surface area contributed by atoms with Gasteiger partial charge in [-0.3, -0.25) is 15.5 Å². The zero-order chi connectivity index (χ0) is 23.3. The van der Waals surface area contributed by atoms with Gasteiger partial charge in [-0.25, -0.2) is 0 Å². The minimum atomic E-state index is -0.0953. The molecule has 32 heavy (non-hydrogen) atoms. The molecule has 0 fully saturated rings. The van der Waals surface area contributed by atoms with Crippen molar-refractivity contribution in [2.75, 3.05) is 28.2 Å². The van der Waals surface area contributed by atoms with Gasteiger partial charge in [0, 0.05) is 51.3 Å². The summed E-state index contributed by atoms with van der Waals surface area (Å²) in [6.45, 7) is 2.00. The van der Waals surface area contributed by atoms with Crippen LogP contribution in [0.3, 0.4) is 0 Å². The molecule has 3 rings (SSSR count). The number of carbonyl (C=O) groups is 1. The van der Waals surface area contributed by atoms with E-state index in [1.165, 1.54) is 0 Å². The first kappa shape index (κ1) is 22.7. The maximum absolute atomic E-state index is 12.8. The number of nitrogens with zero attached hydrogens (tertiary/aromatic N) is 4. The fourth-order valence-corrected chi connectivity index (χ4v) is 2.97. The van der Waals surface area contributed by atoms with Gasteiger partial charge in [0.2, 0.25) is 5.96 Å². The lowest BCUT2D eigenvalue weighted by molar-refractivity contribution is 0.103. The highest BCUT2D eigenvalue weighted by atomic mass is 16.5. The minimum Gasteiger partial charge on any atom is -0.349 e. The Morgan fingerprint density at radius 1 is 1.00 bits per heavy atom. The van der Waals surface area contributed by atoms with Crippen molar-refractivity contribution in [1.29, 1.82) is 5.41 Å². The predicted molar refractivity (Wildman–Crippen MR) is 126 cm³/mol. The molecule has 0 radical (unpaired) electrons. The van der Waals surface area contributed by atoms with Crippen molar-refractivity contribution in [3.05, 3.63) is 83.0 Å². The van der Waals surface area contributed by atoms with Gasteiger partial charge in [0.1, 0.15) is 0 Å². The molecule has 0 saturated heterocycles. The smallest absolute Gasteiger partial charge is 0.253 e. The van der Waals surface area contributed by atoms with Gasteiger partial charge >= 0.3 is 0 Å². The highest BCUT2D eigenvalue weighted by Crippen LogP contribution is 2.27. The van der Waals surface area contributed by atoms with Gasteiger partial charge < -0.3 is 14.3 Å². The topological polar surface area (TPSA) is 97.8 Å². The normalized spacial score (nSPS) is 12.2. The Hall–Kier alpha value is -3.94. The van der Waals surface area contributed by atoms with Crippen molar-refractivity contribution in [3.63, 3.8) is 0 Å². The second-order valence-corrected chi connectivity index (χ2v) is 7.83. The Morgan fingerprint density at radius 2 is 1.69 bits per heavy atom. The number of nitrogens with one attached hydrogen (secondary N) is 2. The number of ketones is 1. The van der Waals surface area contributed by atoms with Crippen LogP contribution in [0, 0.1) is 5.41 Å². The Bertz CT molecular complexity index is 1120. The van der Waals surface area contributed by atoms with Gasteiger partial charge in [0.15, 0.2) is 11.7 Å². The monoisotopic (exact) mass is 432 g/mol. The molecular formula is C24H28N6O2. The standard InChI is InChI=1S/C24H28N6O2/c1-16(18-12-9-13-19(14-18)22(31)17-10-7-6-8-11-17)20-15-21(32-28-20)26-24(30(4)5)27-23(25)29(2)3/h6-16H,1-5H3,(H2,25,26,27). The quantitative estimate of drug-likeness (QED) is 0.363. The van der Waals surface area contributed by atoms with Crippen molar-refractivity contribution in [2.45, 2.75) is 12.8 Å². The molecule has 8 heteroatoms. The maximum atomic E-state index is 12.8. The van der Waals surface area contributed by atoms with Crippen LogP contribution in [-0.4, -0.2) is 60.8 Å². The zero-order valence-corrected chi connectivity index (χ0v) is 19.0. The molecule has 0 aliphatic rings. The molecule has 166 valence electrons. The summed E-state index contributed by atoms with van der Waals surface area (Å²) in [5.41, 5.74) is 2.94. The number of aromatic nitrogens is 1. The molecule has 1 aromatic heterocycles. The maximum Gasteiger partial charge on any atom is 0.253 e. The molecule has 1 atom stereocenters. The van der Waals surface area contributed by atoms with Crippen LogP contribution in [0.15, 0.2) is 70.2 Å². The molecule has 1 unspecified atom stereocenters. The third-order valence-corrected chi connectivity index (χ3v) is 4.96. The summed E-state index contributed by atoms with van der Waals surface area (Å²) in [6, 6.07) is 18.5. The Balaban J connectivity index is 1.82. The molecule has 1 heterocycles. The van der Waals surface area contributed by atoms with Crippen LogP contribution in [0.2, 0.25) is 0 Å². The number of hydrogen-bond donors (Lipinski definition) is 2. The van der Waals surface area contributed by atoms with E-state index in [1.807, 2.05) is 75.6 Å². The highest BCUT2D eigenvalue weighted by Gasteiger charge is 2.17. The molecule has 0 bridgehead atoms. The SMILES string of the molecule is CC(c1cccc(C(=O)c2ccccc2)c1)c1cc(/N=C(/NC(=N)N(C)C)N(C)C)on1. The highest BCUT2D eigenvalue weighted by molar-refractivity contribution is 6.09. The molecular weight excluding hydrogens is 404 g/mol. The fourth-order valence-electron chi connectivity index (χ4n) is 2.97. The van der Waals surface area contributed by atoms with Crippen LogP contribution in [-0.2, 0) is 0 Å².